The smallest absolute Gasteiger partial charge is 0.342 e. The molecule has 2 aromatic carbocycles. The van der Waals surface area contributed by atoms with Gasteiger partial charge in [0.25, 0.3) is 0 Å². The molecule has 0 heterocycles. The van der Waals surface area contributed by atoms with Crippen molar-refractivity contribution in [2.24, 2.45) is 0 Å². The highest BCUT2D eigenvalue weighted by Gasteiger charge is 2.34. The number of hydrogen-bond acceptors (Lipinski definition) is 4. The number of carbonyl (C=O) groups is 1. The second-order valence-corrected chi connectivity index (χ2v) is 5.45. The summed E-state index contributed by atoms with van der Waals surface area (Å²) in [6.45, 7) is 4.95. The molecule has 0 amide bonds. The molecule has 21 heavy (non-hydrogen) atoms. The summed E-state index contributed by atoms with van der Waals surface area (Å²) in [5.74, 6) is 0.117. The van der Waals surface area contributed by atoms with Crippen molar-refractivity contribution >= 4 is 16.7 Å². The van der Waals surface area contributed by atoms with Crippen molar-refractivity contribution in [2.45, 2.75) is 32.5 Å². The lowest BCUT2D eigenvalue weighted by Crippen LogP contribution is -2.35. The highest BCUT2D eigenvalue weighted by atomic mass is 16.6. The van der Waals surface area contributed by atoms with Gasteiger partial charge in [-0.2, -0.15) is 0 Å². The zero-order chi connectivity index (χ0) is 15.6. The molecule has 1 unspecified atom stereocenters. The Morgan fingerprint density at radius 1 is 1.14 bits per heavy atom. The van der Waals surface area contributed by atoms with Crippen LogP contribution in [0.15, 0.2) is 36.4 Å². The summed E-state index contributed by atoms with van der Waals surface area (Å²) in [6, 6.07) is 11.0. The van der Waals surface area contributed by atoms with Crippen LogP contribution in [0, 0.1) is 0 Å². The van der Waals surface area contributed by atoms with Crippen LogP contribution in [-0.4, -0.2) is 24.3 Å². The summed E-state index contributed by atoms with van der Waals surface area (Å²) in [5, 5.41) is 12.4. The van der Waals surface area contributed by atoms with Crippen LogP contribution >= 0.6 is 0 Å². The van der Waals surface area contributed by atoms with Gasteiger partial charge in [-0.3, -0.25) is 0 Å². The summed E-state index contributed by atoms with van der Waals surface area (Å²) in [4.78, 5) is 12.0. The number of methoxy groups -OCH3 is 1. The second kappa shape index (κ2) is 5.74. The molecular formula is C17H20O4. The first kappa shape index (κ1) is 15.3. The van der Waals surface area contributed by atoms with Crippen molar-refractivity contribution in [3.63, 3.8) is 0 Å². The fourth-order valence-corrected chi connectivity index (χ4v) is 2.10. The number of ether oxygens (including phenoxy) is 2. The van der Waals surface area contributed by atoms with Gasteiger partial charge in [0.1, 0.15) is 5.75 Å². The third kappa shape index (κ3) is 3.16. The fourth-order valence-electron chi connectivity index (χ4n) is 2.10. The molecule has 0 fully saturated rings. The largest absolute Gasteiger partial charge is 0.497 e. The van der Waals surface area contributed by atoms with E-state index in [-0.39, 0.29) is 6.10 Å². The minimum atomic E-state index is -1.67. The van der Waals surface area contributed by atoms with Gasteiger partial charge in [0.2, 0.25) is 0 Å². The average molecular weight is 288 g/mol. The minimum absolute atomic E-state index is 0.270. The molecule has 1 N–H and O–H groups in total. The number of aliphatic hydroxyl groups is 1. The SMILES string of the molecule is COc1ccc2cc(C(C)(O)C(=O)OC(C)C)ccc2c1. The third-order valence-electron chi connectivity index (χ3n) is 3.35. The van der Waals surface area contributed by atoms with E-state index >= 15 is 0 Å². The Balaban J connectivity index is 2.40. The van der Waals surface area contributed by atoms with Gasteiger partial charge in [0, 0.05) is 0 Å². The monoisotopic (exact) mass is 288 g/mol. The highest BCUT2D eigenvalue weighted by molar-refractivity contribution is 5.87. The highest BCUT2D eigenvalue weighted by Crippen LogP contribution is 2.28. The zero-order valence-electron chi connectivity index (χ0n) is 12.7. The standard InChI is InChI=1S/C17H20O4/c1-11(2)21-16(18)17(3,19)14-7-5-13-10-15(20-4)8-6-12(13)9-14/h5-11,19H,1-4H3. The lowest BCUT2D eigenvalue weighted by molar-refractivity contribution is -0.168. The van der Waals surface area contributed by atoms with Gasteiger partial charge in [-0.15, -0.1) is 0 Å². The van der Waals surface area contributed by atoms with E-state index in [1.165, 1.54) is 6.92 Å². The second-order valence-electron chi connectivity index (χ2n) is 5.45. The van der Waals surface area contributed by atoms with Gasteiger partial charge < -0.3 is 14.6 Å². The van der Waals surface area contributed by atoms with E-state index in [0.717, 1.165) is 16.5 Å². The number of esters is 1. The molecule has 2 aromatic rings. The Hall–Kier alpha value is -2.07. The number of carbonyl (C=O) groups excluding carboxylic acids is 1. The van der Waals surface area contributed by atoms with E-state index in [1.807, 2.05) is 24.3 Å². The third-order valence-corrected chi connectivity index (χ3v) is 3.35. The Labute approximate surface area is 124 Å². The van der Waals surface area contributed by atoms with Crippen molar-refractivity contribution in [1.82, 2.24) is 0 Å². The maximum atomic E-state index is 12.0. The first-order valence-electron chi connectivity index (χ1n) is 6.86. The molecule has 0 spiro atoms. The van der Waals surface area contributed by atoms with E-state index in [2.05, 4.69) is 0 Å². The van der Waals surface area contributed by atoms with Crippen LogP contribution in [0.25, 0.3) is 10.8 Å². The van der Waals surface area contributed by atoms with E-state index < -0.39 is 11.6 Å². The van der Waals surface area contributed by atoms with Crippen molar-refractivity contribution < 1.29 is 19.4 Å². The lowest BCUT2D eigenvalue weighted by atomic mass is 9.93. The minimum Gasteiger partial charge on any atom is -0.497 e. The number of benzene rings is 2. The van der Waals surface area contributed by atoms with Gasteiger partial charge >= 0.3 is 5.97 Å². The molecule has 1 atom stereocenters. The predicted molar refractivity (Wildman–Crippen MR) is 81.3 cm³/mol. The van der Waals surface area contributed by atoms with Crippen LogP contribution in [0.5, 0.6) is 5.75 Å². The normalized spacial score (nSPS) is 14.0. The van der Waals surface area contributed by atoms with Gasteiger partial charge in [0.05, 0.1) is 13.2 Å². The zero-order valence-corrected chi connectivity index (χ0v) is 12.7. The lowest BCUT2D eigenvalue weighted by Gasteiger charge is -2.23. The molecule has 0 aliphatic carbocycles. The summed E-state index contributed by atoms with van der Waals surface area (Å²) in [5.41, 5.74) is -1.16. The van der Waals surface area contributed by atoms with Crippen LogP contribution < -0.4 is 4.74 Å². The van der Waals surface area contributed by atoms with Crippen LogP contribution in [0.2, 0.25) is 0 Å². The Kier molecular flexibility index (Phi) is 4.19. The predicted octanol–water partition coefficient (Wildman–Crippen LogP) is 3.01. The first-order valence-corrected chi connectivity index (χ1v) is 6.86. The number of hydrogen-bond donors (Lipinski definition) is 1. The molecule has 0 aromatic heterocycles. The molecule has 0 aliphatic rings. The molecule has 2 rings (SSSR count). The molecule has 4 heteroatoms. The van der Waals surface area contributed by atoms with Crippen molar-refractivity contribution in [2.75, 3.05) is 7.11 Å². The van der Waals surface area contributed by atoms with E-state index in [4.69, 9.17) is 9.47 Å². The fraction of sp³-hybridized carbons (Fsp3) is 0.353. The molecule has 0 saturated heterocycles. The van der Waals surface area contributed by atoms with E-state index in [9.17, 15) is 9.90 Å². The molecule has 0 bridgehead atoms. The number of fused-ring (bicyclic) bond motifs is 1. The van der Waals surface area contributed by atoms with E-state index in [1.54, 1.807) is 33.1 Å². The van der Waals surface area contributed by atoms with Crippen molar-refractivity contribution in [1.29, 1.82) is 0 Å². The van der Waals surface area contributed by atoms with Crippen LogP contribution in [0.3, 0.4) is 0 Å². The maximum Gasteiger partial charge on any atom is 0.342 e. The van der Waals surface area contributed by atoms with Crippen molar-refractivity contribution in [3.8, 4) is 5.75 Å². The molecular weight excluding hydrogens is 268 g/mol. The molecule has 0 saturated carbocycles. The van der Waals surface area contributed by atoms with Gasteiger partial charge in [-0.1, -0.05) is 18.2 Å². The van der Waals surface area contributed by atoms with Crippen LogP contribution in [0.1, 0.15) is 26.3 Å². The van der Waals surface area contributed by atoms with Crippen molar-refractivity contribution in [3.05, 3.63) is 42.0 Å². The summed E-state index contributed by atoms with van der Waals surface area (Å²) < 4.78 is 10.3. The maximum absolute atomic E-state index is 12.0. The van der Waals surface area contributed by atoms with Gasteiger partial charge in [0.15, 0.2) is 5.60 Å². The Morgan fingerprint density at radius 2 is 1.76 bits per heavy atom. The number of rotatable bonds is 4. The summed E-state index contributed by atoms with van der Waals surface area (Å²) in [7, 11) is 1.61. The Bertz CT molecular complexity index is 659. The van der Waals surface area contributed by atoms with Crippen LogP contribution in [-0.2, 0) is 15.1 Å². The van der Waals surface area contributed by atoms with E-state index in [0.29, 0.717) is 5.56 Å². The van der Waals surface area contributed by atoms with Gasteiger partial charge in [-0.05, 0) is 55.3 Å². The summed E-state index contributed by atoms with van der Waals surface area (Å²) >= 11 is 0. The quantitative estimate of drug-likeness (QED) is 0.879. The topological polar surface area (TPSA) is 55.8 Å². The average Bonchev–Trinajstić information content (AvgIpc) is 2.45. The summed E-state index contributed by atoms with van der Waals surface area (Å²) in [6.07, 6.45) is -0.270. The first-order chi connectivity index (χ1) is 9.84. The van der Waals surface area contributed by atoms with Crippen LogP contribution in [0.4, 0.5) is 0 Å². The molecule has 112 valence electrons. The molecule has 0 radical (unpaired) electrons. The van der Waals surface area contributed by atoms with Gasteiger partial charge in [-0.25, -0.2) is 4.79 Å². The molecule has 4 nitrogen and oxygen atoms in total. The molecule has 0 aliphatic heterocycles. The Morgan fingerprint density at radius 3 is 2.38 bits per heavy atom.